The van der Waals surface area contributed by atoms with Crippen LogP contribution in [0.4, 0.5) is 8.78 Å². The Balaban J connectivity index is 2.19. The molecule has 4 heteroatoms. The Labute approximate surface area is 107 Å². The summed E-state index contributed by atoms with van der Waals surface area (Å²) >= 11 is 3.45. The van der Waals surface area contributed by atoms with Crippen molar-refractivity contribution in [3.63, 3.8) is 0 Å². The van der Waals surface area contributed by atoms with E-state index in [-0.39, 0.29) is 4.83 Å². The van der Waals surface area contributed by atoms with Crippen LogP contribution in [0.2, 0.25) is 0 Å². The minimum atomic E-state index is -0.563. The van der Waals surface area contributed by atoms with Crippen molar-refractivity contribution in [3.05, 3.63) is 59.1 Å². The van der Waals surface area contributed by atoms with Gasteiger partial charge >= 0.3 is 0 Å². The highest BCUT2D eigenvalue weighted by molar-refractivity contribution is 9.09. The summed E-state index contributed by atoms with van der Waals surface area (Å²) in [6.07, 6.45) is 2.01. The number of hydrogen-bond acceptors (Lipinski definition) is 1. The molecular formula is C13H11BrF2O. The van der Waals surface area contributed by atoms with Crippen molar-refractivity contribution in [2.24, 2.45) is 0 Å². The fourth-order valence-electron chi connectivity index (χ4n) is 1.68. The zero-order valence-corrected chi connectivity index (χ0v) is 10.8. The molecule has 90 valence electrons. The van der Waals surface area contributed by atoms with Crippen LogP contribution >= 0.6 is 15.9 Å². The van der Waals surface area contributed by atoms with Crippen molar-refractivity contribution in [1.29, 1.82) is 0 Å². The fourth-order valence-corrected chi connectivity index (χ4v) is 2.50. The lowest BCUT2D eigenvalue weighted by atomic mass is 10.1. The quantitative estimate of drug-likeness (QED) is 0.758. The van der Waals surface area contributed by atoms with Crippen molar-refractivity contribution in [2.75, 3.05) is 0 Å². The second kappa shape index (κ2) is 5.00. The third-order valence-electron chi connectivity index (χ3n) is 2.60. The molecule has 1 atom stereocenters. The Morgan fingerprint density at radius 2 is 2.06 bits per heavy atom. The van der Waals surface area contributed by atoms with Gasteiger partial charge in [0.15, 0.2) is 0 Å². The summed E-state index contributed by atoms with van der Waals surface area (Å²) in [5, 5.41) is 0. The standard InChI is InChI=1S/C13H11BrF2O/c1-8-4-5-17-13(8)11(14)6-9-2-3-10(15)7-12(9)16/h2-5,7,11H,6H2,1H3. The number of hydrogen-bond donors (Lipinski definition) is 0. The van der Waals surface area contributed by atoms with Crippen LogP contribution in [-0.2, 0) is 6.42 Å². The molecule has 1 heterocycles. The first kappa shape index (κ1) is 12.3. The molecule has 1 aromatic carbocycles. The molecule has 0 spiro atoms. The summed E-state index contributed by atoms with van der Waals surface area (Å²) in [5.41, 5.74) is 1.47. The Bertz CT molecular complexity index is 522. The van der Waals surface area contributed by atoms with Crippen LogP contribution in [0, 0.1) is 18.6 Å². The average Bonchev–Trinajstić information content (AvgIpc) is 2.68. The van der Waals surface area contributed by atoms with Gasteiger partial charge in [-0.3, -0.25) is 0 Å². The predicted molar refractivity (Wildman–Crippen MR) is 65.2 cm³/mol. The molecule has 2 rings (SSSR count). The molecule has 0 N–H and O–H groups in total. The van der Waals surface area contributed by atoms with E-state index < -0.39 is 11.6 Å². The molecule has 0 amide bonds. The lowest BCUT2D eigenvalue weighted by Gasteiger charge is -2.09. The molecule has 1 nitrogen and oxygen atoms in total. The molecule has 0 aliphatic rings. The highest BCUT2D eigenvalue weighted by atomic mass is 79.9. The van der Waals surface area contributed by atoms with Gasteiger partial charge in [-0.2, -0.15) is 0 Å². The van der Waals surface area contributed by atoms with Gasteiger partial charge in [-0.05, 0) is 36.6 Å². The Hall–Kier alpha value is -1.16. The predicted octanol–water partition coefficient (Wildman–Crippen LogP) is 4.54. The first-order valence-electron chi connectivity index (χ1n) is 5.20. The smallest absolute Gasteiger partial charge is 0.129 e. The topological polar surface area (TPSA) is 13.1 Å². The summed E-state index contributed by atoms with van der Waals surface area (Å²) < 4.78 is 31.5. The van der Waals surface area contributed by atoms with E-state index in [9.17, 15) is 8.78 Å². The van der Waals surface area contributed by atoms with E-state index in [0.29, 0.717) is 12.0 Å². The largest absolute Gasteiger partial charge is 0.468 e. The number of halogens is 3. The van der Waals surface area contributed by atoms with E-state index in [1.54, 1.807) is 6.26 Å². The summed E-state index contributed by atoms with van der Waals surface area (Å²) in [5.74, 6) is -0.320. The summed E-state index contributed by atoms with van der Waals surface area (Å²) in [6.45, 7) is 1.92. The SMILES string of the molecule is Cc1ccoc1C(Br)Cc1ccc(F)cc1F. The molecule has 0 radical (unpaired) electrons. The van der Waals surface area contributed by atoms with E-state index >= 15 is 0 Å². The van der Waals surface area contributed by atoms with Gasteiger partial charge in [0.05, 0.1) is 11.1 Å². The second-order valence-electron chi connectivity index (χ2n) is 3.88. The highest BCUT2D eigenvalue weighted by Crippen LogP contribution is 2.30. The van der Waals surface area contributed by atoms with Crippen LogP contribution in [0.25, 0.3) is 0 Å². The lowest BCUT2D eigenvalue weighted by molar-refractivity contribution is 0.500. The third-order valence-corrected chi connectivity index (χ3v) is 3.34. The minimum Gasteiger partial charge on any atom is -0.468 e. The molecule has 0 bridgehead atoms. The zero-order chi connectivity index (χ0) is 12.4. The number of alkyl halides is 1. The molecule has 17 heavy (non-hydrogen) atoms. The Morgan fingerprint density at radius 1 is 1.29 bits per heavy atom. The lowest BCUT2D eigenvalue weighted by Crippen LogP contribution is -1.99. The van der Waals surface area contributed by atoms with Crippen LogP contribution < -0.4 is 0 Å². The van der Waals surface area contributed by atoms with Gasteiger partial charge in [-0.25, -0.2) is 8.78 Å². The van der Waals surface area contributed by atoms with Crippen LogP contribution in [0.15, 0.2) is 34.9 Å². The van der Waals surface area contributed by atoms with Crippen LogP contribution in [0.5, 0.6) is 0 Å². The third kappa shape index (κ3) is 2.75. The number of rotatable bonds is 3. The van der Waals surface area contributed by atoms with Crippen LogP contribution in [0.1, 0.15) is 21.7 Å². The number of benzene rings is 1. The maximum atomic E-state index is 13.5. The van der Waals surface area contributed by atoms with Crippen LogP contribution in [0.3, 0.4) is 0 Å². The summed E-state index contributed by atoms with van der Waals surface area (Å²) in [4.78, 5) is -0.113. The zero-order valence-electron chi connectivity index (χ0n) is 9.21. The van der Waals surface area contributed by atoms with Crippen molar-refractivity contribution in [3.8, 4) is 0 Å². The van der Waals surface area contributed by atoms with Gasteiger partial charge < -0.3 is 4.42 Å². The number of furan rings is 1. The molecule has 0 aliphatic heterocycles. The van der Waals surface area contributed by atoms with Gasteiger partial charge in [0.25, 0.3) is 0 Å². The molecule has 1 unspecified atom stereocenters. The van der Waals surface area contributed by atoms with Crippen molar-refractivity contribution < 1.29 is 13.2 Å². The Morgan fingerprint density at radius 3 is 2.65 bits per heavy atom. The van der Waals surface area contributed by atoms with E-state index in [1.807, 2.05) is 13.0 Å². The molecule has 0 saturated carbocycles. The fraction of sp³-hybridized carbons (Fsp3) is 0.231. The maximum absolute atomic E-state index is 13.5. The van der Waals surface area contributed by atoms with Crippen LogP contribution in [-0.4, -0.2) is 0 Å². The second-order valence-corrected chi connectivity index (χ2v) is 4.98. The average molecular weight is 301 g/mol. The van der Waals surface area contributed by atoms with Gasteiger partial charge in [-0.1, -0.05) is 22.0 Å². The first-order valence-corrected chi connectivity index (χ1v) is 6.11. The summed E-state index contributed by atoms with van der Waals surface area (Å²) in [6, 6.07) is 5.46. The number of aryl methyl sites for hydroxylation is 1. The minimum absolute atomic E-state index is 0.113. The monoisotopic (exact) mass is 300 g/mol. The van der Waals surface area contributed by atoms with Gasteiger partial charge in [0, 0.05) is 6.07 Å². The molecule has 0 aliphatic carbocycles. The van der Waals surface area contributed by atoms with E-state index in [4.69, 9.17) is 4.42 Å². The van der Waals surface area contributed by atoms with Gasteiger partial charge in [0.2, 0.25) is 0 Å². The van der Waals surface area contributed by atoms with E-state index in [0.717, 1.165) is 17.4 Å². The summed E-state index contributed by atoms with van der Waals surface area (Å²) in [7, 11) is 0. The van der Waals surface area contributed by atoms with E-state index in [1.165, 1.54) is 12.1 Å². The van der Waals surface area contributed by atoms with Crippen molar-refractivity contribution >= 4 is 15.9 Å². The van der Waals surface area contributed by atoms with Gasteiger partial charge in [0.1, 0.15) is 17.4 Å². The molecular weight excluding hydrogens is 290 g/mol. The van der Waals surface area contributed by atoms with Crippen molar-refractivity contribution in [1.82, 2.24) is 0 Å². The normalized spacial score (nSPS) is 12.7. The molecule has 2 aromatic rings. The maximum Gasteiger partial charge on any atom is 0.129 e. The molecule has 0 fully saturated rings. The Kier molecular flexibility index (Phi) is 3.62. The van der Waals surface area contributed by atoms with E-state index in [2.05, 4.69) is 15.9 Å². The first-order chi connectivity index (χ1) is 8.08. The molecule has 1 aromatic heterocycles. The van der Waals surface area contributed by atoms with Crippen molar-refractivity contribution in [2.45, 2.75) is 18.2 Å². The highest BCUT2D eigenvalue weighted by Gasteiger charge is 2.16. The molecule has 0 saturated heterocycles. The van der Waals surface area contributed by atoms with Gasteiger partial charge in [-0.15, -0.1) is 0 Å².